The van der Waals surface area contributed by atoms with Gasteiger partial charge >= 0.3 is 0 Å². The monoisotopic (exact) mass is 417 g/mol. The first-order valence-corrected chi connectivity index (χ1v) is 11.8. The predicted molar refractivity (Wildman–Crippen MR) is 115 cm³/mol. The van der Waals surface area contributed by atoms with Crippen molar-refractivity contribution in [2.75, 3.05) is 0 Å². The highest BCUT2D eigenvalue weighted by atomic mass is 32.2. The van der Waals surface area contributed by atoms with E-state index in [-0.39, 0.29) is 11.3 Å². The molecule has 1 amide bonds. The maximum absolute atomic E-state index is 12.7. The van der Waals surface area contributed by atoms with Gasteiger partial charge in [-0.25, -0.2) is 13.1 Å². The molecule has 3 rings (SSSR count). The lowest BCUT2D eigenvalue weighted by Crippen LogP contribution is -2.33. The maximum Gasteiger partial charge on any atom is 0.259 e. The molecule has 0 aliphatic heterocycles. The highest BCUT2D eigenvalue weighted by Crippen LogP contribution is 2.35. The number of aliphatic hydroxyl groups is 1. The van der Waals surface area contributed by atoms with Gasteiger partial charge in [-0.1, -0.05) is 12.1 Å². The van der Waals surface area contributed by atoms with Gasteiger partial charge in [-0.3, -0.25) is 4.79 Å². The second-order valence-electron chi connectivity index (χ2n) is 8.60. The van der Waals surface area contributed by atoms with Crippen LogP contribution < -0.4 is 4.72 Å². The number of hydrogen-bond donors (Lipinski definition) is 2. The van der Waals surface area contributed by atoms with Crippen molar-refractivity contribution < 1.29 is 18.3 Å². The van der Waals surface area contributed by atoms with Crippen molar-refractivity contribution in [3.05, 3.63) is 56.5 Å². The molecule has 29 heavy (non-hydrogen) atoms. The second kappa shape index (κ2) is 8.07. The van der Waals surface area contributed by atoms with E-state index < -0.39 is 21.5 Å². The molecule has 0 atom stereocenters. The molecule has 0 unspecified atom stereocenters. The molecule has 0 spiro atoms. The van der Waals surface area contributed by atoms with E-state index >= 15 is 0 Å². The molecule has 0 radical (unpaired) electrons. The molecule has 1 aromatic carbocycles. The summed E-state index contributed by atoms with van der Waals surface area (Å²) in [6.07, 6.45) is 9.37. The van der Waals surface area contributed by atoms with Gasteiger partial charge in [0.15, 0.2) is 0 Å². The summed E-state index contributed by atoms with van der Waals surface area (Å²) in [6, 6.07) is 2.30. The number of nitrogens with one attached hydrogen (secondary N) is 1. The Morgan fingerprint density at radius 2 is 1.69 bits per heavy atom. The van der Waals surface area contributed by atoms with Crippen molar-refractivity contribution in [1.82, 2.24) is 4.72 Å². The van der Waals surface area contributed by atoms with E-state index in [0.29, 0.717) is 5.57 Å². The van der Waals surface area contributed by atoms with Crippen molar-refractivity contribution in [2.24, 2.45) is 0 Å². The number of carbonyl (C=O) groups is 1. The summed E-state index contributed by atoms with van der Waals surface area (Å²) in [5, 5.41) is 10.2. The average Bonchev–Trinajstić information content (AvgIpc) is 3.26. The van der Waals surface area contributed by atoms with Crippen LogP contribution >= 0.6 is 0 Å². The zero-order valence-electron chi connectivity index (χ0n) is 17.8. The van der Waals surface area contributed by atoms with Crippen LogP contribution in [0.5, 0.6) is 0 Å². The second-order valence-corrected chi connectivity index (χ2v) is 10.5. The molecule has 1 aromatic rings. The van der Waals surface area contributed by atoms with Gasteiger partial charge in [-0.2, -0.15) is 0 Å². The third-order valence-corrected chi connectivity index (χ3v) is 7.45. The predicted octanol–water partition coefficient (Wildman–Crippen LogP) is 3.27. The Bertz CT molecular complexity index is 962. The van der Waals surface area contributed by atoms with Gasteiger partial charge in [0.2, 0.25) is 5.91 Å². The van der Waals surface area contributed by atoms with E-state index in [1.807, 2.05) is 0 Å². The Balaban J connectivity index is 1.81. The first-order chi connectivity index (χ1) is 13.5. The lowest BCUT2D eigenvalue weighted by molar-refractivity contribution is -0.118. The highest BCUT2D eigenvalue weighted by molar-refractivity contribution is 7.93. The van der Waals surface area contributed by atoms with Crippen molar-refractivity contribution in [2.45, 2.75) is 78.2 Å². The number of sulfonamides is 1. The third kappa shape index (κ3) is 4.64. The number of allylic oxidation sites excluding steroid dienone is 2. The number of fused-ring (bicyclic) bond motifs is 2. The lowest BCUT2D eigenvalue weighted by atomic mass is 9.92. The van der Waals surface area contributed by atoms with Crippen LogP contribution in [-0.4, -0.2) is 25.0 Å². The molecule has 0 aromatic heterocycles. The molecule has 2 aliphatic rings. The molecule has 2 aliphatic carbocycles. The van der Waals surface area contributed by atoms with E-state index in [4.69, 9.17) is 0 Å². The Kier molecular flexibility index (Phi) is 6.06. The Morgan fingerprint density at radius 1 is 1.14 bits per heavy atom. The minimum Gasteiger partial charge on any atom is -0.386 e. The number of aryl methyl sites for hydroxylation is 2. The van der Waals surface area contributed by atoms with Crippen LogP contribution in [-0.2, 0) is 46.9 Å². The van der Waals surface area contributed by atoms with E-state index in [1.54, 1.807) is 26.8 Å². The van der Waals surface area contributed by atoms with Gasteiger partial charge < -0.3 is 5.11 Å². The Hall–Kier alpha value is -1.92. The van der Waals surface area contributed by atoms with Gasteiger partial charge in [0.25, 0.3) is 10.0 Å². The van der Waals surface area contributed by atoms with Crippen LogP contribution in [0.2, 0.25) is 0 Å². The molecule has 0 bridgehead atoms. The maximum atomic E-state index is 12.7. The van der Waals surface area contributed by atoms with Crippen LogP contribution in [0.4, 0.5) is 0 Å². The summed E-state index contributed by atoms with van der Waals surface area (Å²) in [4.78, 5) is 12.7. The van der Waals surface area contributed by atoms with Crippen molar-refractivity contribution in [3.8, 4) is 0 Å². The fourth-order valence-electron chi connectivity index (χ4n) is 4.48. The number of hydrogen-bond acceptors (Lipinski definition) is 4. The molecule has 6 heteroatoms. The summed E-state index contributed by atoms with van der Waals surface area (Å²) in [5.41, 5.74) is 5.53. The van der Waals surface area contributed by atoms with Crippen molar-refractivity contribution >= 4 is 15.9 Å². The van der Waals surface area contributed by atoms with Crippen molar-refractivity contribution in [3.63, 3.8) is 0 Å². The van der Waals surface area contributed by atoms with Crippen LogP contribution in [0, 0.1) is 0 Å². The molecular formula is C23H31NO4S. The van der Waals surface area contributed by atoms with Gasteiger partial charge in [0.05, 0.1) is 16.9 Å². The normalized spacial score (nSPS) is 17.3. The Morgan fingerprint density at radius 3 is 2.17 bits per heavy atom. The molecule has 2 N–H and O–H groups in total. The smallest absolute Gasteiger partial charge is 0.259 e. The summed E-state index contributed by atoms with van der Waals surface area (Å²) in [6.45, 7) is 6.35. The standard InChI is InChI=1S/C23H31NO4S/c1-5-18(23(3,4)26)12-15(2)29(27,28)24-22(25)14-21-19-10-6-8-16(19)13-17-9-7-11-20(17)21/h5,12-13,26H,6-11,14H2,1-4H3,(H,24,25)/b15-12+,18-5+. The number of amides is 1. The van der Waals surface area contributed by atoms with Gasteiger partial charge in [0, 0.05) is 0 Å². The van der Waals surface area contributed by atoms with Crippen LogP contribution in [0.3, 0.4) is 0 Å². The van der Waals surface area contributed by atoms with Gasteiger partial charge in [0.1, 0.15) is 0 Å². The molecule has 0 heterocycles. The zero-order chi connectivity index (χ0) is 21.4. The SMILES string of the molecule is C/C=C(\C=C(/C)S(=O)(=O)NC(=O)Cc1c2c(cc3c1CCC3)CCC2)C(C)(C)O. The first kappa shape index (κ1) is 21.8. The van der Waals surface area contributed by atoms with Crippen LogP contribution in [0.25, 0.3) is 0 Å². The molecule has 0 saturated heterocycles. The van der Waals surface area contributed by atoms with E-state index in [2.05, 4.69) is 10.8 Å². The summed E-state index contributed by atoms with van der Waals surface area (Å²) in [5.74, 6) is -0.502. The lowest BCUT2D eigenvalue weighted by Gasteiger charge is -2.19. The van der Waals surface area contributed by atoms with E-state index in [0.717, 1.165) is 44.1 Å². The van der Waals surface area contributed by atoms with Gasteiger partial charge in [-0.05, 0) is 106 Å². The topological polar surface area (TPSA) is 83.5 Å². The quantitative estimate of drug-likeness (QED) is 0.696. The largest absolute Gasteiger partial charge is 0.386 e. The van der Waals surface area contributed by atoms with Gasteiger partial charge in [-0.15, -0.1) is 0 Å². The molecule has 0 saturated carbocycles. The minimum atomic E-state index is -3.96. The summed E-state index contributed by atoms with van der Waals surface area (Å²) >= 11 is 0. The number of carbonyl (C=O) groups excluding carboxylic acids is 1. The average molecular weight is 418 g/mol. The first-order valence-electron chi connectivity index (χ1n) is 10.3. The fraction of sp³-hybridized carbons (Fsp3) is 0.522. The fourth-order valence-corrected chi connectivity index (χ4v) is 5.30. The Labute approximate surface area is 174 Å². The van der Waals surface area contributed by atoms with E-state index in [9.17, 15) is 18.3 Å². The number of rotatable bonds is 6. The van der Waals surface area contributed by atoms with Crippen molar-refractivity contribution in [1.29, 1.82) is 0 Å². The zero-order valence-corrected chi connectivity index (χ0v) is 18.6. The molecule has 5 nitrogen and oxygen atoms in total. The van der Waals surface area contributed by atoms with E-state index in [1.165, 1.54) is 35.3 Å². The highest BCUT2D eigenvalue weighted by Gasteiger charge is 2.27. The summed E-state index contributed by atoms with van der Waals surface area (Å²) < 4.78 is 27.6. The molecular weight excluding hydrogens is 386 g/mol. The minimum absolute atomic E-state index is 0.00425. The van der Waals surface area contributed by atoms with Crippen LogP contribution in [0.15, 0.2) is 28.7 Å². The number of benzene rings is 1. The van der Waals surface area contributed by atoms with Crippen LogP contribution in [0.1, 0.15) is 68.4 Å². The molecule has 0 fully saturated rings. The third-order valence-electron chi connectivity index (χ3n) is 5.98. The molecule has 158 valence electrons. The summed E-state index contributed by atoms with van der Waals surface area (Å²) in [7, 11) is -3.96.